The predicted molar refractivity (Wildman–Crippen MR) is 85.6 cm³/mol. The van der Waals surface area contributed by atoms with Gasteiger partial charge < -0.3 is 9.47 Å². The molecule has 2 aromatic rings. The van der Waals surface area contributed by atoms with Gasteiger partial charge in [-0.1, -0.05) is 6.07 Å². The van der Waals surface area contributed by atoms with Gasteiger partial charge in [0.25, 0.3) is 0 Å². The minimum absolute atomic E-state index is 0.0883. The van der Waals surface area contributed by atoms with Crippen LogP contribution in [0, 0.1) is 0 Å². The van der Waals surface area contributed by atoms with Crippen molar-refractivity contribution in [1.29, 1.82) is 0 Å². The quantitative estimate of drug-likeness (QED) is 0.821. The molecular weight excluding hydrogens is 378 g/mol. The zero-order valence-electron chi connectivity index (χ0n) is 11.4. The molecule has 0 amide bonds. The minimum atomic E-state index is -3.56. The van der Waals surface area contributed by atoms with Crippen LogP contribution in [-0.2, 0) is 16.6 Å². The summed E-state index contributed by atoms with van der Waals surface area (Å²) in [4.78, 5) is 0. The van der Waals surface area contributed by atoms with Gasteiger partial charge in [0.05, 0.1) is 23.6 Å². The monoisotopic (exact) mass is 391 g/mol. The molecule has 0 fully saturated rings. The first-order valence-corrected chi connectivity index (χ1v) is 9.02. The molecule has 0 spiro atoms. The molecule has 1 aromatic carbocycles. The number of ether oxygens (including phenoxy) is 2. The maximum atomic E-state index is 12.2. The van der Waals surface area contributed by atoms with Crippen LogP contribution in [0.25, 0.3) is 0 Å². The van der Waals surface area contributed by atoms with Crippen LogP contribution in [0.15, 0.2) is 38.3 Å². The molecule has 0 saturated heterocycles. The molecule has 8 heteroatoms. The van der Waals surface area contributed by atoms with Crippen molar-refractivity contribution in [3.05, 3.63) is 39.7 Å². The number of sulfonamides is 1. The summed E-state index contributed by atoms with van der Waals surface area (Å²) in [6, 6.07) is 8.55. The number of hydrogen-bond donors (Lipinski definition) is 1. The maximum Gasteiger partial charge on any atom is 0.250 e. The Bertz CT molecular complexity index is 705. The molecule has 2 rings (SSSR count). The van der Waals surface area contributed by atoms with E-state index in [1.165, 1.54) is 14.2 Å². The molecule has 0 unspecified atom stereocenters. The van der Waals surface area contributed by atoms with Crippen molar-refractivity contribution in [2.45, 2.75) is 10.8 Å². The van der Waals surface area contributed by atoms with E-state index in [4.69, 9.17) is 9.47 Å². The van der Waals surface area contributed by atoms with Gasteiger partial charge in [-0.15, -0.1) is 11.3 Å². The van der Waals surface area contributed by atoms with Crippen LogP contribution in [0.4, 0.5) is 0 Å². The Balaban J connectivity index is 2.24. The third-order valence-electron chi connectivity index (χ3n) is 2.78. The lowest BCUT2D eigenvalue weighted by molar-refractivity contribution is 0.384. The van der Waals surface area contributed by atoms with Crippen molar-refractivity contribution in [3.63, 3.8) is 0 Å². The van der Waals surface area contributed by atoms with E-state index in [1.54, 1.807) is 30.3 Å². The molecule has 0 aliphatic heterocycles. The summed E-state index contributed by atoms with van der Waals surface area (Å²) in [5.74, 6) is 1.15. The molecule has 0 saturated carbocycles. The van der Waals surface area contributed by atoms with Gasteiger partial charge in [0.1, 0.15) is 15.7 Å². The van der Waals surface area contributed by atoms with Gasteiger partial charge in [0.2, 0.25) is 10.0 Å². The first-order chi connectivity index (χ1) is 9.97. The third kappa shape index (κ3) is 3.76. The normalized spacial score (nSPS) is 11.4. The number of methoxy groups -OCH3 is 2. The first kappa shape index (κ1) is 16.3. The lowest BCUT2D eigenvalue weighted by Gasteiger charge is -2.13. The SMILES string of the molecule is COc1cccc(OC)c1CNS(=O)(=O)c1ccc(Br)s1. The fourth-order valence-electron chi connectivity index (χ4n) is 1.78. The lowest BCUT2D eigenvalue weighted by Crippen LogP contribution is -2.23. The average Bonchev–Trinajstić information content (AvgIpc) is 2.92. The Morgan fingerprint density at radius 3 is 2.24 bits per heavy atom. The van der Waals surface area contributed by atoms with E-state index in [0.717, 1.165) is 15.1 Å². The van der Waals surface area contributed by atoms with Gasteiger partial charge in [0.15, 0.2) is 0 Å². The van der Waals surface area contributed by atoms with Gasteiger partial charge in [-0.3, -0.25) is 0 Å². The van der Waals surface area contributed by atoms with Crippen molar-refractivity contribution in [3.8, 4) is 11.5 Å². The topological polar surface area (TPSA) is 64.6 Å². The first-order valence-electron chi connectivity index (χ1n) is 5.93. The average molecular weight is 392 g/mol. The lowest BCUT2D eigenvalue weighted by atomic mass is 10.2. The summed E-state index contributed by atoms with van der Waals surface area (Å²) in [5, 5.41) is 0. The molecule has 0 aliphatic rings. The van der Waals surface area contributed by atoms with E-state index in [1.807, 2.05) is 0 Å². The van der Waals surface area contributed by atoms with E-state index < -0.39 is 10.0 Å². The van der Waals surface area contributed by atoms with E-state index in [-0.39, 0.29) is 10.8 Å². The largest absolute Gasteiger partial charge is 0.496 e. The molecule has 0 atom stereocenters. The van der Waals surface area contributed by atoms with Crippen LogP contribution in [0.3, 0.4) is 0 Å². The number of thiophene rings is 1. The van der Waals surface area contributed by atoms with Crippen LogP contribution in [0.1, 0.15) is 5.56 Å². The van der Waals surface area contributed by atoms with E-state index >= 15 is 0 Å². The van der Waals surface area contributed by atoms with Gasteiger partial charge in [-0.2, -0.15) is 0 Å². The van der Waals surface area contributed by atoms with E-state index in [9.17, 15) is 8.42 Å². The number of hydrogen-bond acceptors (Lipinski definition) is 5. The Morgan fingerprint density at radius 1 is 1.14 bits per heavy atom. The highest BCUT2D eigenvalue weighted by atomic mass is 79.9. The van der Waals surface area contributed by atoms with Crippen molar-refractivity contribution in [2.75, 3.05) is 14.2 Å². The smallest absolute Gasteiger partial charge is 0.250 e. The fourth-order valence-corrected chi connectivity index (χ4v) is 4.83. The van der Waals surface area contributed by atoms with Crippen molar-refractivity contribution in [2.24, 2.45) is 0 Å². The van der Waals surface area contributed by atoms with Crippen molar-refractivity contribution in [1.82, 2.24) is 4.72 Å². The van der Waals surface area contributed by atoms with Crippen LogP contribution in [-0.4, -0.2) is 22.6 Å². The summed E-state index contributed by atoms with van der Waals surface area (Å²) in [6.45, 7) is 0.0883. The molecule has 1 heterocycles. The second-order valence-corrected chi connectivity index (χ2v) is 8.48. The molecule has 21 heavy (non-hydrogen) atoms. The molecule has 0 bridgehead atoms. The van der Waals surface area contributed by atoms with Gasteiger partial charge in [-0.25, -0.2) is 13.1 Å². The molecule has 0 aliphatic carbocycles. The van der Waals surface area contributed by atoms with Crippen LogP contribution < -0.4 is 14.2 Å². The number of nitrogens with one attached hydrogen (secondary N) is 1. The number of rotatable bonds is 6. The van der Waals surface area contributed by atoms with Crippen LogP contribution >= 0.6 is 27.3 Å². The Kier molecular flexibility index (Phi) is 5.26. The second-order valence-electron chi connectivity index (χ2n) is 4.02. The maximum absolute atomic E-state index is 12.2. The highest BCUT2D eigenvalue weighted by molar-refractivity contribution is 9.11. The predicted octanol–water partition coefficient (Wildman–Crippen LogP) is 3.01. The summed E-state index contributed by atoms with van der Waals surface area (Å²) in [5.41, 5.74) is 0.654. The van der Waals surface area contributed by atoms with Gasteiger partial charge >= 0.3 is 0 Å². The molecule has 0 radical (unpaired) electrons. The number of benzene rings is 1. The zero-order valence-corrected chi connectivity index (χ0v) is 14.6. The molecular formula is C13H14BrNO4S2. The minimum Gasteiger partial charge on any atom is -0.496 e. The van der Waals surface area contributed by atoms with Gasteiger partial charge in [-0.05, 0) is 40.2 Å². The molecule has 5 nitrogen and oxygen atoms in total. The van der Waals surface area contributed by atoms with Crippen LogP contribution in [0.2, 0.25) is 0 Å². The number of halogens is 1. The zero-order chi connectivity index (χ0) is 15.5. The highest BCUT2D eigenvalue weighted by Crippen LogP contribution is 2.29. The standard InChI is InChI=1S/C13H14BrNO4S2/c1-18-10-4-3-5-11(19-2)9(10)8-15-21(16,17)13-7-6-12(14)20-13/h3-7,15H,8H2,1-2H3. The molecule has 114 valence electrons. The second kappa shape index (κ2) is 6.78. The van der Waals surface area contributed by atoms with Crippen molar-refractivity contribution < 1.29 is 17.9 Å². The Morgan fingerprint density at radius 2 is 1.76 bits per heavy atom. The molecule has 1 aromatic heterocycles. The summed E-state index contributed by atoms with van der Waals surface area (Å²) in [6.07, 6.45) is 0. The summed E-state index contributed by atoms with van der Waals surface area (Å²) >= 11 is 4.41. The Hall–Kier alpha value is -1.09. The molecule has 1 N–H and O–H groups in total. The fraction of sp³-hybridized carbons (Fsp3) is 0.231. The van der Waals surface area contributed by atoms with Crippen LogP contribution in [0.5, 0.6) is 11.5 Å². The highest BCUT2D eigenvalue weighted by Gasteiger charge is 2.18. The van der Waals surface area contributed by atoms with E-state index in [2.05, 4.69) is 20.7 Å². The summed E-state index contributed by atoms with van der Waals surface area (Å²) in [7, 11) is -0.498. The Labute approximate surface area is 136 Å². The van der Waals surface area contributed by atoms with Gasteiger partial charge in [0, 0.05) is 6.54 Å². The third-order valence-corrected chi connectivity index (χ3v) is 6.30. The van der Waals surface area contributed by atoms with E-state index in [0.29, 0.717) is 17.1 Å². The summed E-state index contributed by atoms with van der Waals surface area (Å²) < 4.78 is 38.5. The van der Waals surface area contributed by atoms with Crippen molar-refractivity contribution >= 4 is 37.3 Å².